The van der Waals surface area contributed by atoms with Crippen LogP contribution in [0.15, 0.2) is 36.4 Å². The average molecular weight is 337 g/mol. The van der Waals surface area contributed by atoms with Gasteiger partial charge in [0, 0.05) is 31.5 Å². The van der Waals surface area contributed by atoms with Crippen molar-refractivity contribution in [2.75, 3.05) is 20.3 Å². The SMILES string of the molecule is COCCOc1ccc(PC(=O)c2c(C)cccc2C)c(C)c1.[Li]. The molecule has 5 heteroatoms. The van der Waals surface area contributed by atoms with Crippen molar-refractivity contribution in [1.29, 1.82) is 0 Å². The number of ether oxygens (including phenoxy) is 2. The van der Waals surface area contributed by atoms with Crippen LogP contribution in [-0.2, 0) is 4.74 Å². The normalized spacial score (nSPS) is 10.7. The van der Waals surface area contributed by atoms with E-state index < -0.39 is 0 Å². The molecule has 0 saturated heterocycles. The Hall–Kier alpha value is -1.10. The maximum atomic E-state index is 12.7. The zero-order valence-electron chi connectivity index (χ0n) is 15.1. The summed E-state index contributed by atoms with van der Waals surface area (Å²) >= 11 is 0. The quantitative estimate of drug-likeness (QED) is 0.441. The van der Waals surface area contributed by atoms with Gasteiger partial charge in [-0.25, -0.2) is 0 Å². The summed E-state index contributed by atoms with van der Waals surface area (Å²) in [4.78, 5) is 12.7. The monoisotopic (exact) mass is 337 g/mol. The average Bonchev–Trinajstić information content (AvgIpc) is 2.50. The molecule has 0 N–H and O–H groups in total. The van der Waals surface area contributed by atoms with Gasteiger partial charge in [0.2, 0.25) is 0 Å². The second-order valence-corrected chi connectivity index (χ2v) is 6.78. The molecule has 24 heavy (non-hydrogen) atoms. The van der Waals surface area contributed by atoms with Gasteiger partial charge in [0.15, 0.2) is 5.52 Å². The summed E-state index contributed by atoms with van der Waals surface area (Å²) in [5.74, 6) is 0.813. The number of carbonyl (C=O) groups excluding carboxylic acids is 1. The minimum Gasteiger partial charge on any atom is -0.491 e. The maximum absolute atomic E-state index is 12.7. The van der Waals surface area contributed by atoms with E-state index in [0.717, 1.165) is 33.3 Å². The molecule has 0 bridgehead atoms. The number of hydrogen-bond acceptors (Lipinski definition) is 3. The summed E-state index contributed by atoms with van der Waals surface area (Å²) in [7, 11) is 1.78. The van der Waals surface area contributed by atoms with Crippen molar-refractivity contribution in [3.63, 3.8) is 0 Å². The number of rotatable bonds is 7. The number of hydrogen-bond donors (Lipinski definition) is 0. The largest absolute Gasteiger partial charge is 0.491 e. The molecule has 0 aliphatic heterocycles. The minimum absolute atomic E-state index is 0. The van der Waals surface area contributed by atoms with E-state index in [1.807, 2.05) is 57.2 Å². The van der Waals surface area contributed by atoms with Crippen molar-refractivity contribution in [3.8, 4) is 5.75 Å². The predicted molar refractivity (Wildman–Crippen MR) is 102 cm³/mol. The topological polar surface area (TPSA) is 35.5 Å². The van der Waals surface area contributed by atoms with Gasteiger partial charge in [-0.2, -0.15) is 0 Å². The van der Waals surface area contributed by atoms with E-state index in [-0.39, 0.29) is 33.0 Å². The van der Waals surface area contributed by atoms with Crippen LogP contribution in [0, 0.1) is 20.8 Å². The number of carbonyl (C=O) groups is 1. The van der Waals surface area contributed by atoms with Crippen LogP contribution in [0.4, 0.5) is 0 Å². The summed E-state index contributed by atoms with van der Waals surface area (Å²) in [5, 5.41) is 1.07. The summed E-state index contributed by atoms with van der Waals surface area (Å²) in [6.45, 7) is 7.09. The second-order valence-electron chi connectivity index (χ2n) is 5.54. The van der Waals surface area contributed by atoms with Crippen molar-refractivity contribution in [2.45, 2.75) is 20.8 Å². The van der Waals surface area contributed by atoms with Gasteiger partial charge < -0.3 is 9.47 Å². The molecule has 0 aromatic heterocycles. The van der Waals surface area contributed by atoms with Gasteiger partial charge in [0.1, 0.15) is 12.4 Å². The molecule has 1 atom stereocenters. The van der Waals surface area contributed by atoms with Crippen LogP contribution in [0.5, 0.6) is 5.75 Å². The molecular weight excluding hydrogens is 314 g/mol. The Kier molecular flexibility index (Phi) is 8.74. The van der Waals surface area contributed by atoms with Gasteiger partial charge in [-0.3, -0.25) is 4.79 Å². The molecule has 0 amide bonds. The Morgan fingerprint density at radius 3 is 2.25 bits per heavy atom. The van der Waals surface area contributed by atoms with E-state index >= 15 is 0 Å². The number of aryl methyl sites for hydroxylation is 3. The van der Waals surface area contributed by atoms with Gasteiger partial charge in [0.05, 0.1) is 6.61 Å². The number of benzene rings is 2. The Morgan fingerprint density at radius 2 is 1.67 bits per heavy atom. The molecule has 0 fully saturated rings. The zero-order chi connectivity index (χ0) is 16.8. The van der Waals surface area contributed by atoms with Crippen LogP contribution in [0.2, 0.25) is 0 Å². The molecule has 0 heterocycles. The molecule has 2 rings (SSSR count). The number of methoxy groups -OCH3 is 1. The maximum Gasteiger partial charge on any atom is 0.186 e. The first-order valence-electron chi connectivity index (χ1n) is 7.63. The van der Waals surface area contributed by atoms with Gasteiger partial charge >= 0.3 is 0 Å². The molecule has 0 aliphatic rings. The third kappa shape index (κ3) is 5.47. The fourth-order valence-corrected chi connectivity index (χ4v) is 3.67. The fraction of sp³-hybridized carbons (Fsp3) is 0.316. The summed E-state index contributed by atoms with van der Waals surface area (Å²) in [5.41, 5.74) is 4.21. The molecule has 1 unspecified atom stereocenters. The molecule has 0 spiro atoms. The Bertz CT molecular complexity index is 681. The van der Waals surface area contributed by atoms with Gasteiger partial charge in [0.25, 0.3) is 0 Å². The smallest absolute Gasteiger partial charge is 0.186 e. The first kappa shape index (κ1) is 20.9. The molecule has 3 nitrogen and oxygen atoms in total. The molecular formula is C19H23LiO3P. The predicted octanol–water partition coefficient (Wildman–Crippen LogP) is 3.40. The molecule has 2 aromatic rings. The molecule has 0 saturated carbocycles. The third-order valence-electron chi connectivity index (χ3n) is 3.71. The van der Waals surface area contributed by atoms with Crippen LogP contribution < -0.4 is 10.0 Å². The zero-order valence-corrected chi connectivity index (χ0v) is 16.1. The first-order valence-corrected chi connectivity index (χ1v) is 8.63. The van der Waals surface area contributed by atoms with Crippen molar-refractivity contribution < 1.29 is 14.3 Å². The van der Waals surface area contributed by atoms with E-state index in [0.29, 0.717) is 13.2 Å². The Morgan fingerprint density at radius 1 is 1.00 bits per heavy atom. The standard InChI is InChI=1S/C19H23O3P.Li/c1-13-6-5-7-14(2)18(13)19(20)23-17-9-8-16(12-15(17)3)22-11-10-21-4;/h5-9,12,23H,10-11H2,1-4H3;. The van der Waals surface area contributed by atoms with Crippen LogP contribution in [0.3, 0.4) is 0 Å². The van der Waals surface area contributed by atoms with E-state index in [1.165, 1.54) is 0 Å². The Balaban J connectivity index is 0.00000288. The van der Waals surface area contributed by atoms with Crippen LogP contribution >= 0.6 is 8.58 Å². The van der Waals surface area contributed by atoms with Gasteiger partial charge in [-0.15, -0.1) is 0 Å². The second kappa shape index (κ2) is 10.0. The molecule has 0 aliphatic carbocycles. The summed E-state index contributed by atoms with van der Waals surface area (Å²) < 4.78 is 10.6. The third-order valence-corrected chi connectivity index (χ3v) is 5.02. The first-order chi connectivity index (χ1) is 11.0. The van der Waals surface area contributed by atoms with Crippen LogP contribution in [0.1, 0.15) is 27.0 Å². The van der Waals surface area contributed by atoms with Crippen molar-refractivity contribution in [1.82, 2.24) is 0 Å². The van der Waals surface area contributed by atoms with E-state index in [4.69, 9.17) is 9.47 Å². The fourth-order valence-electron chi connectivity index (χ4n) is 2.47. The van der Waals surface area contributed by atoms with Gasteiger partial charge in [-0.1, -0.05) is 24.3 Å². The molecule has 123 valence electrons. The van der Waals surface area contributed by atoms with Crippen molar-refractivity contribution >= 4 is 38.3 Å². The van der Waals surface area contributed by atoms with Crippen molar-refractivity contribution in [2.24, 2.45) is 0 Å². The van der Waals surface area contributed by atoms with Crippen LogP contribution in [-0.4, -0.2) is 44.7 Å². The van der Waals surface area contributed by atoms with E-state index in [2.05, 4.69) is 0 Å². The van der Waals surface area contributed by atoms with E-state index in [9.17, 15) is 4.79 Å². The van der Waals surface area contributed by atoms with Crippen molar-refractivity contribution in [3.05, 3.63) is 58.7 Å². The van der Waals surface area contributed by atoms with E-state index in [1.54, 1.807) is 7.11 Å². The molecule has 1 radical (unpaired) electrons. The summed E-state index contributed by atoms with van der Waals surface area (Å²) in [6.07, 6.45) is 0. The van der Waals surface area contributed by atoms with Gasteiger partial charge in [-0.05, 0) is 63.5 Å². The van der Waals surface area contributed by atoms with Crippen LogP contribution in [0.25, 0.3) is 0 Å². The minimum atomic E-state index is 0. The Labute approximate surface area is 158 Å². The molecule has 2 aromatic carbocycles. The summed E-state index contributed by atoms with van der Waals surface area (Å²) in [6, 6.07) is 11.9.